The highest BCUT2D eigenvalue weighted by Crippen LogP contribution is 2.23. The standard InChI is InChI=1S/C17H16N4O8/c22-14(23)18-10-1-5-12(6-2-10)20(16(26)27)9-21(17(28)29)13-7-3-11(4-8-13)19-15(24)25/h1-8,18-19H,9H2,(H,22,23)(H,24,25)(H,26,27)(H,28,29). The highest BCUT2D eigenvalue weighted by molar-refractivity contribution is 5.92. The molecule has 0 aromatic heterocycles. The Morgan fingerprint density at radius 1 is 0.621 bits per heavy atom. The molecule has 2 aromatic rings. The van der Waals surface area contributed by atoms with Crippen LogP contribution in [0, 0.1) is 0 Å². The van der Waals surface area contributed by atoms with E-state index in [-0.39, 0.29) is 22.7 Å². The number of amides is 4. The fourth-order valence-corrected chi connectivity index (χ4v) is 2.34. The molecule has 0 spiro atoms. The first-order chi connectivity index (χ1) is 13.7. The number of carboxylic acid groups (broad SMARTS) is 4. The van der Waals surface area contributed by atoms with Crippen molar-refractivity contribution in [2.75, 3.05) is 27.1 Å². The molecule has 152 valence electrons. The van der Waals surface area contributed by atoms with Crippen molar-refractivity contribution in [2.45, 2.75) is 0 Å². The summed E-state index contributed by atoms with van der Waals surface area (Å²) in [5, 5.41) is 40.5. The number of carbonyl (C=O) groups is 4. The van der Waals surface area contributed by atoms with Gasteiger partial charge < -0.3 is 20.4 Å². The largest absolute Gasteiger partial charge is 0.465 e. The average Bonchev–Trinajstić information content (AvgIpc) is 2.63. The second-order valence-corrected chi connectivity index (χ2v) is 5.52. The van der Waals surface area contributed by atoms with Gasteiger partial charge in [0.05, 0.1) is 0 Å². The van der Waals surface area contributed by atoms with Crippen molar-refractivity contribution >= 4 is 47.1 Å². The van der Waals surface area contributed by atoms with Crippen LogP contribution in [-0.2, 0) is 0 Å². The molecule has 12 heteroatoms. The van der Waals surface area contributed by atoms with E-state index in [1.807, 2.05) is 0 Å². The first-order valence-electron chi connectivity index (χ1n) is 7.88. The molecule has 12 nitrogen and oxygen atoms in total. The van der Waals surface area contributed by atoms with Gasteiger partial charge in [0.15, 0.2) is 0 Å². The number of rotatable bonds is 6. The van der Waals surface area contributed by atoms with Crippen LogP contribution in [0.1, 0.15) is 0 Å². The van der Waals surface area contributed by atoms with Gasteiger partial charge in [0.2, 0.25) is 0 Å². The van der Waals surface area contributed by atoms with E-state index in [4.69, 9.17) is 10.2 Å². The van der Waals surface area contributed by atoms with Crippen LogP contribution in [0.2, 0.25) is 0 Å². The van der Waals surface area contributed by atoms with Crippen LogP contribution in [0.3, 0.4) is 0 Å². The van der Waals surface area contributed by atoms with Gasteiger partial charge in [0.25, 0.3) is 0 Å². The second kappa shape index (κ2) is 8.94. The Bertz CT molecular complexity index is 839. The predicted octanol–water partition coefficient (Wildman–Crippen LogP) is 3.49. The molecular formula is C17H16N4O8. The molecule has 6 N–H and O–H groups in total. The van der Waals surface area contributed by atoms with E-state index in [1.165, 1.54) is 48.5 Å². The molecule has 0 bridgehead atoms. The molecule has 0 heterocycles. The van der Waals surface area contributed by atoms with Gasteiger partial charge in [-0.05, 0) is 48.5 Å². The fourth-order valence-electron chi connectivity index (χ4n) is 2.34. The van der Waals surface area contributed by atoms with E-state index in [0.717, 1.165) is 9.80 Å². The molecule has 29 heavy (non-hydrogen) atoms. The second-order valence-electron chi connectivity index (χ2n) is 5.52. The van der Waals surface area contributed by atoms with E-state index in [2.05, 4.69) is 10.6 Å². The number of hydrogen-bond acceptors (Lipinski definition) is 4. The lowest BCUT2D eigenvalue weighted by atomic mass is 10.2. The molecule has 0 radical (unpaired) electrons. The lowest BCUT2D eigenvalue weighted by Gasteiger charge is -2.27. The van der Waals surface area contributed by atoms with Crippen LogP contribution in [0.5, 0.6) is 0 Å². The molecule has 0 atom stereocenters. The summed E-state index contributed by atoms with van der Waals surface area (Å²) in [6, 6.07) is 10.6. The quantitative estimate of drug-likeness (QED) is 0.396. The minimum atomic E-state index is -1.43. The SMILES string of the molecule is O=C(O)Nc1ccc(N(CN(C(=O)O)c2ccc(NC(=O)O)cc2)C(=O)O)cc1. The zero-order valence-corrected chi connectivity index (χ0v) is 14.6. The van der Waals surface area contributed by atoms with E-state index in [9.17, 15) is 29.4 Å². The molecule has 0 fully saturated rings. The first-order valence-corrected chi connectivity index (χ1v) is 7.88. The smallest absolute Gasteiger partial charge is 0.413 e. The third kappa shape index (κ3) is 5.75. The van der Waals surface area contributed by atoms with Gasteiger partial charge in [0.1, 0.15) is 6.67 Å². The maximum atomic E-state index is 11.6. The molecule has 0 aliphatic rings. The van der Waals surface area contributed by atoms with Crippen LogP contribution < -0.4 is 20.4 Å². The molecule has 0 saturated carbocycles. The van der Waals surface area contributed by atoms with E-state index < -0.39 is 31.0 Å². The molecular weight excluding hydrogens is 388 g/mol. The van der Waals surface area contributed by atoms with Gasteiger partial charge in [-0.1, -0.05) is 0 Å². The first kappa shape index (κ1) is 20.8. The average molecular weight is 404 g/mol. The zero-order valence-electron chi connectivity index (χ0n) is 14.6. The molecule has 0 aliphatic carbocycles. The third-order valence-electron chi connectivity index (χ3n) is 3.61. The number of nitrogens with one attached hydrogen (secondary N) is 2. The Morgan fingerprint density at radius 2 is 0.931 bits per heavy atom. The highest BCUT2D eigenvalue weighted by Gasteiger charge is 2.23. The molecule has 2 rings (SSSR count). The monoisotopic (exact) mass is 404 g/mol. The lowest BCUT2D eigenvalue weighted by molar-refractivity contribution is 0.197. The van der Waals surface area contributed by atoms with Gasteiger partial charge in [-0.3, -0.25) is 20.4 Å². The van der Waals surface area contributed by atoms with Crippen LogP contribution in [0.25, 0.3) is 0 Å². The zero-order chi connectivity index (χ0) is 21.6. The van der Waals surface area contributed by atoms with E-state index in [0.29, 0.717) is 0 Å². The summed E-state index contributed by atoms with van der Waals surface area (Å²) in [5.74, 6) is 0. The van der Waals surface area contributed by atoms with Gasteiger partial charge in [-0.25, -0.2) is 19.2 Å². The Hall–Kier alpha value is -4.48. The molecule has 4 amide bonds. The minimum Gasteiger partial charge on any atom is -0.465 e. The Kier molecular flexibility index (Phi) is 6.42. The maximum Gasteiger partial charge on any atom is 0.413 e. The fraction of sp³-hybridized carbons (Fsp3) is 0.0588. The summed E-state index contributed by atoms with van der Waals surface area (Å²) in [4.78, 5) is 46.1. The van der Waals surface area contributed by atoms with Crippen LogP contribution in [0.4, 0.5) is 41.9 Å². The Labute approximate surface area is 163 Å². The van der Waals surface area contributed by atoms with Crippen molar-refractivity contribution in [2.24, 2.45) is 0 Å². The molecule has 0 aliphatic heterocycles. The van der Waals surface area contributed by atoms with Crippen LogP contribution in [0.15, 0.2) is 48.5 Å². The summed E-state index contributed by atoms with van der Waals surface area (Å²) in [7, 11) is 0. The number of nitrogens with zero attached hydrogens (tertiary/aromatic N) is 2. The molecule has 0 unspecified atom stereocenters. The van der Waals surface area contributed by atoms with Crippen LogP contribution in [-0.4, -0.2) is 51.5 Å². The number of hydrogen-bond donors (Lipinski definition) is 6. The summed E-state index contributed by atoms with van der Waals surface area (Å²) in [6.45, 7) is -0.581. The topological polar surface area (TPSA) is 180 Å². The van der Waals surface area contributed by atoms with Crippen molar-refractivity contribution in [1.29, 1.82) is 0 Å². The molecule has 0 saturated heterocycles. The van der Waals surface area contributed by atoms with E-state index >= 15 is 0 Å². The maximum absolute atomic E-state index is 11.6. The van der Waals surface area contributed by atoms with Gasteiger partial charge >= 0.3 is 24.4 Å². The predicted molar refractivity (Wildman–Crippen MR) is 102 cm³/mol. The van der Waals surface area contributed by atoms with Gasteiger partial charge in [0, 0.05) is 22.7 Å². The van der Waals surface area contributed by atoms with Crippen molar-refractivity contribution < 1.29 is 39.6 Å². The number of anilines is 4. The van der Waals surface area contributed by atoms with Crippen molar-refractivity contribution in [3.8, 4) is 0 Å². The third-order valence-corrected chi connectivity index (χ3v) is 3.61. The van der Waals surface area contributed by atoms with Crippen molar-refractivity contribution in [3.05, 3.63) is 48.5 Å². The summed E-state index contributed by atoms with van der Waals surface area (Å²) in [6.07, 6.45) is -5.44. The Morgan fingerprint density at radius 3 is 1.17 bits per heavy atom. The van der Waals surface area contributed by atoms with Gasteiger partial charge in [-0.2, -0.15) is 0 Å². The summed E-state index contributed by atoms with van der Waals surface area (Å²) < 4.78 is 0. The minimum absolute atomic E-state index is 0.115. The Balaban J connectivity index is 2.25. The lowest BCUT2D eigenvalue weighted by Crippen LogP contribution is -2.43. The highest BCUT2D eigenvalue weighted by atomic mass is 16.4. The van der Waals surface area contributed by atoms with Crippen molar-refractivity contribution in [3.63, 3.8) is 0 Å². The summed E-state index contributed by atoms with van der Waals surface area (Å²) in [5.41, 5.74) is 0.652. The van der Waals surface area contributed by atoms with Crippen LogP contribution >= 0.6 is 0 Å². The van der Waals surface area contributed by atoms with Gasteiger partial charge in [-0.15, -0.1) is 0 Å². The van der Waals surface area contributed by atoms with Crippen molar-refractivity contribution in [1.82, 2.24) is 0 Å². The van der Waals surface area contributed by atoms with E-state index in [1.54, 1.807) is 0 Å². The summed E-state index contributed by atoms with van der Waals surface area (Å²) >= 11 is 0. The molecule has 2 aromatic carbocycles. The number of benzene rings is 2. The normalized spacial score (nSPS) is 9.93.